The first-order valence-corrected chi connectivity index (χ1v) is 17.8. The van der Waals surface area contributed by atoms with Gasteiger partial charge in [-0.3, -0.25) is 24.2 Å². The Morgan fingerprint density at radius 2 is 1.72 bits per heavy atom. The van der Waals surface area contributed by atoms with Crippen molar-refractivity contribution < 1.29 is 45.5 Å². The van der Waals surface area contributed by atoms with Crippen molar-refractivity contribution in [1.82, 2.24) is 15.2 Å². The number of halogens is 4. The van der Waals surface area contributed by atoms with Crippen molar-refractivity contribution in [3.63, 3.8) is 0 Å². The number of hydrogen-bond acceptors (Lipinski definition) is 8. The van der Waals surface area contributed by atoms with E-state index >= 15 is 0 Å². The fraction of sp³-hybridized carbons (Fsp3) is 0.400. The maximum Gasteiger partial charge on any atom is 0.450 e. The number of nitrogens with zero attached hydrogens (tertiary/aromatic N) is 2. The van der Waals surface area contributed by atoms with Crippen LogP contribution in [0.1, 0.15) is 48.3 Å². The number of hydrogen-bond donors (Lipinski definition) is 1. The van der Waals surface area contributed by atoms with Gasteiger partial charge < -0.3 is 15.0 Å². The minimum Gasteiger partial charge on any atom is -0.497 e. The molecule has 1 aromatic heterocycles. The van der Waals surface area contributed by atoms with E-state index in [1.165, 1.54) is 33.2 Å². The van der Waals surface area contributed by atoms with Gasteiger partial charge in [0.2, 0.25) is 11.7 Å². The minimum absolute atomic E-state index is 0.0178. The lowest BCUT2D eigenvalue weighted by Crippen LogP contribution is -2.53. The molecule has 1 saturated heterocycles. The molecule has 1 aliphatic heterocycles. The van der Waals surface area contributed by atoms with Crippen LogP contribution in [0, 0.1) is 11.8 Å². The van der Waals surface area contributed by atoms with Gasteiger partial charge in [-0.25, -0.2) is 8.42 Å². The van der Waals surface area contributed by atoms with Crippen molar-refractivity contribution in [1.29, 1.82) is 0 Å². The molecule has 268 valence electrons. The highest BCUT2D eigenvalue weighted by Gasteiger charge is 2.49. The number of sulfone groups is 1. The first-order valence-electron chi connectivity index (χ1n) is 15.7. The number of aromatic nitrogens is 1. The summed E-state index contributed by atoms with van der Waals surface area (Å²) in [6, 6.07) is 14.5. The number of Topliss-reactive ketones (excluding diaryl/α,β-unsaturated/α-hetero) is 2. The molecule has 4 atom stereocenters. The standard InChI is InChI=1S/C35H37ClF3N3O7S/c1-21(2)27(32(44)35(37,38)39)18-31(43)30-17-26(50(47,48)20-22-10-12-25(49-3)13-11-22)19-42(30)34(46)29(16-23-7-6-8-24(36)15-23)41-33(45)28-9-4-5-14-40-28/h4-15,21,26-27,29-30H,16-20H2,1-3H3,(H,41,45)/t26-,27+,29+,30+/m1/s1. The SMILES string of the molecule is COc1ccc(CS(=O)(=O)[C@@H]2C[C@@H](C(=O)C[C@H](C(=O)C(F)(F)F)C(C)C)N(C(=O)[C@H](Cc3cccc(Cl)c3)NC(=O)c3ccccn3)C2)cc1. The lowest BCUT2D eigenvalue weighted by atomic mass is 9.85. The summed E-state index contributed by atoms with van der Waals surface area (Å²) in [5.74, 6) is -7.13. The summed E-state index contributed by atoms with van der Waals surface area (Å²) in [5, 5.41) is 1.69. The van der Waals surface area contributed by atoms with Crippen LogP contribution >= 0.6 is 11.6 Å². The van der Waals surface area contributed by atoms with E-state index in [0.717, 1.165) is 4.90 Å². The Labute approximate surface area is 293 Å². The van der Waals surface area contributed by atoms with Crippen molar-refractivity contribution >= 4 is 44.8 Å². The van der Waals surface area contributed by atoms with Gasteiger partial charge in [-0.05, 0) is 59.9 Å². The average Bonchev–Trinajstić information content (AvgIpc) is 3.53. The van der Waals surface area contributed by atoms with Crippen LogP contribution in [0.4, 0.5) is 13.2 Å². The second kappa shape index (κ2) is 16.2. The summed E-state index contributed by atoms with van der Waals surface area (Å²) in [4.78, 5) is 58.8. The third-order valence-corrected chi connectivity index (χ3v) is 11.0. The zero-order valence-corrected chi connectivity index (χ0v) is 29.1. The largest absolute Gasteiger partial charge is 0.497 e. The quantitative estimate of drug-likeness (QED) is 0.243. The Kier molecular flexibility index (Phi) is 12.4. The molecule has 3 aromatic rings. The maximum atomic E-state index is 14.4. The van der Waals surface area contributed by atoms with Crippen LogP contribution in [-0.4, -0.2) is 78.8 Å². The van der Waals surface area contributed by atoms with E-state index in [2.05, 4.69) is 10.3 Å². The molecule has 0 radical (unpaired) electrons. The van der Waals surface area contributed by atoms with Crippen LogP contribution in [-0.2, 0) is 36.4 Å². The lowest BCUT2D eigenvalue weighted by Gasteiger charge is -2.30. The molecule has 1 N–H and O–H groups in total. The molecular weight excluding hydrogens is 699 g/mol. The zero-order valence-electron chi connectivity index (χ0n) is 27.5. The Bertz CT molecular complexity index is 1810. The number of carbonyl (C=O) groups is 4. The van der Waals surface area contributed by atoms with Gasteiger partial charge in [-0.1, -0.05) is 55.8 Å². The van der Waals surface area contributed by atoms with E-state index in [0.29, 0.717) is 21.9 Å². The summed E-state index contributed by atoms with van der Waals surface area (Å²) >= 11 is 6.17. The number of pyridine rings is 1. The van der Waals surface area contributed by atoms with Crippen LogP contribution < -0.4 is 10.1 Å². The Hall–Kier alpha value is -4.30. The molecule has 2 amide bonds. The zero-order chi connectivity index (χ0) is 36.8. The molecule has 1 aliphatic rings. The fourth-order valence-electron chi connectivity index (χ4n) is 5.90. The molecule has 0 bridgehead atoms. The normalized spacial score (nSPS) is 17.6. The van der Waals surface area contributed by atoms with E-state index in [-0.39, 0.29) is 12.1 Å². The summed E-state index contributed by atoms with van der Waals surface area (Å²) < 4.78 is 73.1. The van der Waals surface area contributed by atoms with Crippen LogP contribution in [0.3, 0.4) is 0 Å². The smallest absolute Gasteiger partial charge is 0.450 e. The first kappa shape index (κ1) is 38.5. The lowest BCUT2D eigenvalue weighted by molar-refractivity contribution is -0.177. The van der Waals surface area contributed by atoms with Gasteiger partial charge in [-0.15, -0.1) is 0 Å². The van der Waals surface area contributed by atoms with Crippen molar-refractivity contribution in [2.45, 2.75) is 62.4 Å². The first-order chi connectivity index (χ1) is 23.5. The van der Waals surface area contributed by atoms with E-state index in [4.69, 9.17) is 16.3 Å². The molecule has 0 saturated carbocycles. The number of methoxy groups -OCH3 is 1. The van der Waals surface area contributed by atoms with Crippen molar-refractivity contribution in [2.24, 2.45) is 11.8 Å². The van der Waals surface area contributed by atoms with Gasteiger partial charge in [-0.2, -0.15) is 13.2 Å². The number of carbonyl (C=O) groups excluding carboxylic acids is 4. The molecule has 1 fully saturated rings. The van der Waals surface area contributed by atoms with Gasteiger partial charge in [0.15, 0.2) is 15.6 Å². The van der Waals surface area contributed by atoms with Gasteiger partial charge in [0, 0.05) is 36.5 Å². The van der Waals surface area contributed by atoms with Crippen molar-refractivity contribution in [3.8, 4) is 5.75 Å². The highest BCUT2D eigenvalue weighted by Crippen LogP contribution is 2.33. The topological polar surface area (TPSA) is 140 Å². The van der Waals surface area contributed by atoms with Crippen LogP contribution in [0.25, 0.3) is 0 Å². The molecule has 4 rings (SSSR count). The number of alkyl halides is 3. The minimum atomic E-state index is -5.21. The number of benzene rings is 2. The van der Waals surface area contributed by atoms with Gasteiger partial charge >= 0.3 is 6.18 Å². The van der Waals surface area contributed by atoms with Gasteiger partial charge in [0.05, 0.1) is 24.2 Å². The van der Waals surface area contributed by atoms with Crippen molar-refractivity contribution in [2.75, 3.05) is 13.7 Å². The van der Waals surface area contributed by atoms with Gasteiger partial charge in [0.1, 0.15) is 17.5 Å². The summed E-state index contributed by atoms with van der Waals surface area (Å²) in [6.45, 7) is 2.27. The number of ketones is 2. The number of ether oxygens (including phenoxy) is 1. The van der Waals surface area contributed by atoms with E-state index in [9.17, 15) is 40.8 Å². The highest BCUT2D eigenvalue weighted by molar-refractivity contribution is 7.91. The number of nitrogens with one attached hydrogen (secondary N) is 1. The van der Waals surface area contributed by atoms with E-state index in [1.54, 1.807) is 60.7 Å². The second-order valence-electron chi connectivity index (χ2n) is 12.5. The third-order valence-electron chi connectivity index (χ3n) is 8.62. The Balaban J connectivity index is 1.70. The molecule has 0 aliphatic carbocycles. The summed E-state index contributed by atoms with van der Waals surface area (Å²) in [7, 11) is -2.60. The second-order valence-corrected chi connectivity index (χ2v) is 15.2. The molecular formula is C35H37ClF3N3O7S. The monoisotopic (exact) mass is 735 g/mol. The summed E-state index contributed by atoms with van der Waals surface area (Å²) in [6.07, 6.45) is -5.23. The molecule has 15 heteroatoms. The van der Waals surface area contributed by atoms with Crippen LogP contribution in [0.5, 0.6) is 5.75 Å². The van der Waals surface area contributed by atoms with E-state index < -0.39 is 93.7 Å². The molecule has 0 spiro atoms. The molecule has 2 heterocycles. The third kappa shape index (κ3) is 9.69. The predicted molar refractivity (Wildman–Crippen MR) is 179 cm³/mol. The number of rotatable bonds is 14. The molecule has 2 aromatic carbocycles. The van der Waals surface area contributed by atoms with E-state index in [1.807, 2.05) is 0 Å². The van der Waals surface area contributed by atoms with Gasteiger partial charge in [0.25, 0.3) is 5.91 Å². The van der Waals surface area contributed by atoms with Crippen molar-refractivity contribution in [3.05, 3.63) is 94.8 Å². The van der Waals surface area contributed by atoms with Crippen LogP contribution in [0.2, 0.25) is 5.02 Å². The molecule has 0 unspecified atom stereocenters. The Morgan fingerprint density at radius 3 is 2.30 bits per heavy atom. The maximum absolute atomic E-state index is 14.4. The molecule has 50 heavy (non-hydrogen) atoms. The fourth-order valence-corrected chi connectivity index (χ4v) is 7.87. The summed E-state index contributed by atoms with van der Waals surface area (Å²) in [5.41, 5.74) is 0.921. The molecule has 10 nitrogen and oxygen atoms in total. The van der Waals surface area contributed by atoms with Crippen LogP contribution in [0.15, 0.2) is 72.9 Å². The Morgan fingerprint density at radius 1 is 1.02 bits per heavy atom. The number of likely N-dealkylation sites (tertiary alicyclic amines) is 1. The highest BCUT2D eigenvalue weighted by atomic mass is 35.5. The average molecular weight is 736 g/mol. The predicted octanol–water partition coefficient (Wildman–Crippen LogP) is 5.03. The number of amides is 2.